The van der Waals surface area contributed by atoms with Gasteiger partial charge in [-0.25, -0.2) is 8.42 Å². The summed E-state index contributed by atoms with van der Waals surface area (Å²) in [6.07, 6.45) is 4.15. The van der Waals surface area contributed by atoms with Crippen molar-refractivity contribution in [3.05, 3.63) is 28.3 Å². The van der Waals surface area contributed by atoms with E-state index in [2.05, 4.69) is 12.2 Å². The number of nitro groups is 1. The molecule has 3 rings (SSSR count). The summed E-state index contributed by atoms with van der Waals surface area (Å²) in [5.41, 5.74) is 0.232. The molecule has 2 N–H and O–H groups in total. The Bertz CT molecular complexity index is 783. The molecule has 1 saturated carbocycles. The largest absolute Gasteiger partial charge is 0.377 e. The maximum absolute atomic E-state index is 12.9. The van der Waals surface area contributed by atoms with Crippen molar-refractivity contribution < 1.29 is 18.2 Å². The first kappa shape index (κ1) is 20.0. The molecule has 0 bridgehead atoms. The normalized spacial score (nSPS) is 25.3. The average Bonchev–Trinajstić information content (AvgIpc) is 2.64. The molecule has 1 aromatic carbocycles. The molecular weight excluding hydrogens is 368 g/mol. The molecule has 2 fully saturated rings. The lowest BCUT2D eigenvalue weighted by atomic mass is 9.87. The van der Waals surface area contributed by atoms with Crippen LogP contribution in [0.15, 0.2) is 23.1 Å². The molecule has 0 aromatic heterocycles. The van der Waals surface area contributed by atoms with Crippen molar-refractivity contribution in [1.29, 1.82) is 0 Å². The first-order chi connectivity index (χ1) is 12.8. The second kappa shape index (κ2) is 8.12. The third-order valence-corrected chi connectivity index (χ3v) is 7.65. The predicted octanol–water partition coefficient (Wildman–Crippen LogP) is 1.10. The molecule has 150 valence electrons. The van der Waals surface area contributed by atoms with Crippen molar-refractivity contribution >= 4 is 21.4 Å². The molecule has 0 radical (unpaired) electrons. The monoisotopic (exact) mass is 397 g/mol. The van der Waals surface area contributed by atoms with E-state index in [-0.39, 0.29) is 16.6 Å². The molecule has 9 heteroatoms. The van der Waals surface area contributed by atoms with E-state index in [4.69, 9.17) is 0 Å². The summed E-state index contributed by atoms with van der Waals surface area (Å²) >= 11 is 0. The van der Waals surface area contributed by atoms with E-state index in [1.54, 1.807) is 6.07 Å². The zero-order chi connectivity index (χ0) is 19.6. The minimum Gasteiger partial charge on any atom is -0.377 e. The highest BCUT2D eigenvalue weighted by Crippen LogP contribution is 2.32. The fourth-order valence-corrected chi connectivity index (χ4v) is 5.29. The highest BCUT2D eigenvalue weighted by molar-refractivity contribution is 7.89. The molecule has 0 spiro atoms. The van der Waals surface area contributed by atoms with Gasteiger partial charge in [0.05, 0.1) is 43.0 Å². The number of quaternary nitrogens is 1. The Morgan fingerprint density at radius 3 is 2.41 bits per heavy atom. The van der Waals surface area contributed by atoms with E-state index in [9.17, 15) is 18.5 Å². The zero-order valence-electron chi connectivity index (χ0n) is 16.0. The molecule has 1 aromatic rings. The van der Waals surface area contributed by atoms with Gasteiger partial charge in [-0.3, -0.25) is 10.1 Å². The second-order valence-corrected chi connectivity index (χ2v) is 9.84. The molecule has 27 heavy (non-hydrogen) atoms. The lowest BCUT2D eigenvalue weighted by Gasteiger charge is -2.29. The van der Waals surface area contributed by atoms with Crippen LogP contribution in [0.1, 0.15) is 32.6 Å². The van der Waals surface area contributed by atoms with Crippen LogP contribution in [-0.2, 0) is 10.0 Å². The summed E-state index contributed by atoms with van der Waals surface area (Å²) in [4.78, 5) is 12.4. The van der Waals surface area contributed by atoms with Gasteiger partial charge in [0.25, 0.3) is 5.69 Å². The van der Waals surface area contributed by atoms with Crippen LogP contribution in [0.4, 0.5) is 11.4 Å². The molecule has 1 saturated heterocycles. The van der Waals surface area contributed by atoms with Crippen LogP contribution >= 0.6 is 0 Å². The number of benzene rings is 1. The number of piperazine rings is 1. The zero-order valence-corrected chi connectivity index (χ0v) is 16.8. The summed E-state index contributed by atoms with van der Waals surface area (Å²) in [7, 11) is -1.68. The summed E-state index contributed by atoms with van der Waals surface area (Å²) in [6, 6.07) is 4.43. The standard InChI is InChI=1S/C18H28N4O4S/c1-14-3-5-15(6-4-14)19-17-8-7-16(13-18(17)22(23)24)27(25,26)21-11-9-20(2)10-12-21/h7-8,13-15,19H,3-6,9-12H2,1-2H3/p+1. The number of anilines is 1. The van der Waals surface area contributed by atoms with E-state index in [1.165, 1.54) is 21.3 Å². The Labute approximate surface area is 160 Å². The van der Waals surface area contributed by atoms with Crippen molar-refractivity contribution in [2.75, 3.05) is 38.5 Å². The van der Waals surface area contributed by atoms with Gasteiger partial charge >= 0.3 is 0 Å². The first-order valence-electron chi connectivity index (χ1n) is 9.64. The summed E-state index contributed by atoms with van der Waals surface area (Å²) in [5.74, 6) is 0.691. The minimum atomic E-state index is -3.71. The molecule has 1 heterocycles. The Balaban J connectivity index is 1.82. The number of rotatable bonds is 5. The summed E-state index contributed by atoms with van der Waals surface area (Å²) < 4.78 is 27.2. The van der Waals surface area contributed by atoms with E-state index < -0.39 is 14.9 Å². The highest BCUT2D eigenvalue weighted by atomic mass is 32.2. The van der Waals surface area contributed by atoms with Crippen LogP contribution in [-0.4, -0.2) is 56.9 Å². The Kier molecular flexibility index (Phi) is 6.02. The Morgan fingerprint density at radius 1 is 1.19 bits per heavy atom. The van der Waals surface area contributed by atoms with Gasteiger partial charge < -0.3 is 10.2 Å². The first-order valence-corrected chi connectivity index (χ1v) is 11.1. The van der Waals surface area contributed by atoms with E-state index in [0.717, 1.165) is 38.8 Å². The van der Waals surface area contributed by atoms with Gasteiger partial charge in [0.15, 0.2) is 0 Å². The fraction of sp³-hybridized carbons (Fsp3) is 0.667. The van der Waals surface area contributed by atoms with E-state index in [0.29, 0.717) is 24.7 Å². The SMILES string of the molecule is CC1CCC(Nc2ccc(S(=O)(=O)N3CC[NH+](C)CC3)cc2[N+](=O)[O-])CC1. The molecule has 0 amide bonds. The van der Waals surface area contributed by atoms with E-state index in [1.807, 2.05) is 7.05 Å². The Hall–Kier alpha value is -1.71. The number of hydrogen-bond acceptors (Lipinski definition) is 5. The van der Waals surface area contributed by atoms with Crippen LogP contribution in [0.25, 0.3) is 0 Å². The molecule has 0 unspecified atom stereocenters. The average molecular weight is 398 g/mol. The van der Waals surface area contributed by atoms with Gasteiger partial charge in [-0.15, -0.1) is 0 Å². The van der Waals surface area contributed by atoms with Crippen molar-refractivity contribution in [3.8, 4) is 0 Å². The number of hydrogen-bond donors (Lipinski definition) is 2. The van der Waals surface area contributed by atoms with E-state index >= 15 is 0 Å². The lowest BCUT2D eigenvalue weighted by Crippen LogP contribution is -3.12. The second-order valence-electron chi connectivity index (χ2n) is 7.90. The van der Waals surface area contributed by atoms with Crippen molar-refractivity contribution in [3.63, 3.8) is 0 Å². The fourth-order valence-electron chi connectivity index (χ4n) is 3.83. The number of nitro benzene ring substituents is 1. The highest BCUT2D eigenvalue weighted by Gasteiger charge is 2.31. The maximum Gasteiger partial charge on any atom is 0.293 e. The van der Waals surface area contributed by atoms with Gasteiger partial charge in [-0.05, 0) is 43.7 Å². The smallest absolute Gasteiger partial charge is 0.293 e. The Morgan fingerprint density at radius 2 is 1.81 bits per heavy atom. The molecule has 0 atom stereocenters. The van der Waals surface area contributed by atoms with Crippen LogP contribution in [0.5, 0.6) is 0 Å². The third kappa shape index (κ3) is 4.59. The van der Waals surface area contributed by atoms with Crippen LogP contribution in [0.2, 0.25) is 0 Å². The number of nitrogens with one attached hydrogen (secondary N) is 2. The van der Waals surface area contributed by atoms with Crippen molar-refractivity contribution in [2.24, 2.45) is 5.92 Å². The van der Waals surface area contributed by atoms with Crippen molar-refractivity contribution in [2.45, 2.75) is 43.5 Å². The molecule has 8 nitrogen and oxygen atoms in total. The molecule has 1 aliphatic carbocycles. The molecule has 2 aliphatic rings. The van der Waals surface area contributed by atoms with Crippen LogP contribution in [0.3, 0.4) is 0 Å². The maximum atomic E-state index is 12.9. The topological polar surface area (TPSA) is 97.0 Å². The lowest BCUT2D eigenvalue weighted by molar-refractivity contribution is -0.883. The van der Waals surface area contributed by atoms with Crippen molar-refractivity contribution in [1.82, 2.24) is 4.31 Å². The molecule has 1 aliphatic heterocycles. The van der Waals surface area contributed by atoms with Gasteiger partial charge in [0.2, 0.25) is 10.0 Å². The van der Waals surface area contributed by atoms with Gasteiger partial charge in [-0.2, -0.15) is 4.31 Å². The molecular formula is C18H29N4O4S+. The number of sulfonamides is 1. The van der Waals surface area contributed by atoms with Gasteiger partial charge in [-0.1, -0.05) is 6.92 Å². The minimum absolute atomic E-state index is 0.00318. The van der Waals surface area contributed by atoms with Crippen LogP contribution in [0, 0.1) is 16.0 Å². The van der Waals surface area contributed by atoms with Gasteiger partial charge in [0, 0.05) is 12.1 Å². The quantitative estimate of drug-likeness (QED) is 0.573. The number of likely N-dealkylation sites (N-methyl/N-ethyl adjacent to an activating group) is 1. The number of nitrogens with zero attached hydrogens (tertiary/aromatic N) is 2. The van der Waals surface area contributed by atoms with Crippen LogP contribution < -0.4 is 10.2 Å². The summed E-state index contributed by atoms with van der Waals surface area (Å²) in [6.45, 7) is 4.56. The third-order valence-electron chi connectivity index (χ3n) is 5.76. The predicted molar refractivity (Wildman–Crippen MR) is 104 cm³/mol. The summed E-state index contributed by atoms with van der Waals surface area (Å²) in [5, 5.41) is 14.8. The van der Waals surface area contributed by atoms with Gasteiger partial charge in [0.1, 0.15) is 5.69 Å².